The van der Waals surface area contributed by atoms with E-state index in [9.17, 15) is 5.11 Å². The maximum absolute atomic E-state index is 9.93. The molecular weight excluding hydrogens is 390 g/mol. The van der Waals surface area contributed by atoms with Gasteiger partial charge in [0.25, 0.3) is 0 Å². The number of benzene rings is 1. The highest BCUT2D eigenvalue weighted by Crippen LogP contribution is 2.50. The summed E-state index contributed by atoms with van der Waals surface area (Å²) >= 11 is 0. The van der Waals surface area contributed by atoms with Crippen LogP contribution in [0.5, 0.6) is 0 Å². The number of hydrogen-bond donors (Lipinski definition) is 2. The highest BCUT2D eigenvalue weighted by atomic mass is 16.3. The molecule has 1 saturated heterocycles. The third kappa shape index (κ3) is 3.64. The van der Waals surface area contributed by atoms with Crippen LogP contribution in [-0.2, 0) is 13.0 Å². The van der Waals surface area contributed by atoms with Crippen LogP contribution in [0.15, 0.2) is 41.1 Å². The van der Waals surface area contributed by atoms with Gasteiger partial charge in [-0.05, 0) is 48.0 Å². The first-order chi connectivity index (χ1) is 15.1. The van der Waals surface area contributed by atoms with Crippen LogP contribution >= 0.6 is 0 Å². The molecule has 0 bridgehead atoms. The minimum Gasteiger partial charge on any atom is -0.442 e. The summed E-state index contributed by atoms with van der Waals surface area (Å²) in [6, 6.07) is 8.64. The van der Waals surface area contributed by atoms with Crippen LogP contribution < -0.4 is 10.6 Å². The molecule has 1 fully saturated rings. The van der Waals surface area contributed by atoms with Gasteiger partial charge in [-0.1, -0.05) is 24.3 Å². The number of rotatable bonds is 4. The van der Waals surface area contributed by atoms with E-state index < -0.39 is 0 Å². The fourth-order valence-electron chi connectivity index (χ4n) is 4.98. The van der Waals surface area contributed by atoms with E-state index in [4.69, 9.17) is 10.2 Å². The zero-order valence-corrected chi connectivity index (χ0v) is 17.7. The van der Waals surface area contributed by atoms with Crippen LogP contribution in [-0.4, -0.2) is 33.1 Å². The average molecular weight is 418 g/mol. The van der Waals surface area contributed by atoms with E-state index in [1.165, 1.54) is 11.1 Å². The third-order valence-electron chi connectivity index (χ3n) is 6.70. The minimum atomic E-state index is -0.155. The Morgan fingerprint density at radius 3 is 2.71 bits per heavy atom. The number of anilines is 1. The molecule has 31 heavy (non-hydrogen) atoms. The monoisotopic (exact) mass is 417 g/mol. The van der Waals surface area contributed by atoms with E-state index >= 15 is 0 Å². The van der Waals surface area contributed by atoms with Gasteiger partial charge in [0.05, 0.1) is 24.7 Å². The van der Waals surface area contributed by atoms with Crippen molar-refractivity contribution in [3.8, 4) is 0 Å². The lowest BCUT2D eigenvalue weighted by Crippen LogP contribution is -2.45. The molecule has 3 N–H and O–H groups in total. The van der Waals surface area contributed by atoms with Crippen molar-refractivity contribution in [1.29, 1.82) is 0 Å². The van der Waals surface area contributed by atoms with Gasteiger partial charge in [0.1, 0.15) is 11.5 Å². The van der Waals surface area contributed by atoms with Crippen LogP contribution in [0.4, 0.5) is 5.82 Å². The molecule has 1 spiro atoms. The third-order valence-corrected chi connectivity index (χ3v) is 6.70. The number of nitrogens with zero attached hydrogens (tertiary/aromatic N) is 4. The molecule has 3 aromatic rings. The van der Waals surface area contributed by atoms with Crippen molar-refractivity contribution in [2.45, 2.75) is 38.8 Å². The summed E-state index contributed by atoms with van der Waals surface area (Å²) in [6.45, 7) is 3.36. The second-order valence-corrected chi connectivity index (χ2v) is 8.54. The Labute approximate surface area is 181 Å². The second kappa shape index (κ2) is 7.90. The summed E-state index contributed by atoms with van der Waals surface area (Å²) < 4.78 is 5.44. The molecule has 1 aliphatic heterocycles. The molecule has 2 aromatic heterocycles. The number of nitrogens with two attached hydrogens (primary N) is 1. The fourth-order valence-corrected chi connectivity index (χ4v) is 4.98. The lowest BCUT2D eigenvalue weighted by atomic mass is 9.73. The first-order valence-electron chi connectivity index (χ1n) is 10.7. The Balaban J connectivity index is 1.31. The number of oxazole rings is 1. The van der Waals surface area contributed by atoms with Gasteiger partial charge in [-0.15, -0.1) is 0 Å². The van der Waals surface area contributed by atoms with Gasteiger partial charge in [0.15, 0.2) is 11.7 Å². The topological polar surface area (TPSA) is 101 Å². The SMILES string of the molecule is Cc1ncc(C=Cc2cnc(N3CCC4(CC3)Cc3ccccc3C4N)c(CO)n2)o1. The van der Waals surface area contributed by atoms with E-state index in [1.54, 1.807) is 25.4 Å². The largest absolute Gasteiger partial charge is 0.442 e. The highest BCUT2D eigenvalue weighted by molar-refractivity contribution is 5.65. The Morgan fingerprint density at radius 2 is 2.00 bits per heavy atom. The first kappa shape index (κ1) is 19.9. The van der Waals surface area contributed by atoms with E-state index in [0.717, 1.165) is 38.2 Å². The van der Waals surface area contributed by atoms with Gasteiger partial charge < -0.3 is 20.2 Å². The predicted molar refractivity (Wildman–Crippen MR) is 119 cm³/mol. The summed E-state index contributed by atoms with van der Waals surface area (Å²) in [5.74, 6) is 2.03. The van der Waals surface area contributed by atoms with Crippen LogP contribution in [0, 0.1) is 12.3 Å². The maximum atomic E-state index is 9.93. The van der Waals surface area contributed by atoms with Crippen molar-refractivity contribution >= 4 is 18.0 Å². The Bertz CT molecular complexity index is 1110. The molecule has 1 aromatic carbocycles. The molecule has 0 radical (unpaired) electrons. The summed E-state index contributed by atoms with van der Waals surface area (Å²) in [5, 5.41) is 9.93. The summed E-state index contributed by atoms with van der Waals surface area (Å²) in [4.78, 5) is 15.5. The molecule has 3 heterocycles. The Morgan fingerprint density at radius 1 is 1.19 bits per heavy atom. The van der Waals surface area contributed by atoms with Gasteiger partial charge in [-0.2, -0.15) is 0 Å². The number of piperidine rings is 1. The van der Waals surface area contributed by atoms with Crippen molar-refractivity contribution in [1.82, 2.24) is 15.0 Å². The molecule has 0 amide bonds. The van der Waals surface area contributed by atoms with Crippen LogP contribution in [0.2, 0.25) is 0 Å². The molecule has 7 nitrogen and oxygen atoms in total. The van der Waals surface area contributed by atoms with Crippen molar-refractivity contribution in [2.75, 3.05) is 18.0 Å². The minimum absolute atomic E-state index is 0.0847. The molecule has 160 valence electrons. The van der Waals surface area contributed by atoms with Crippen LogP contribution in [0.3, 0.4) is 0 Å². The lowest BCUT2D eigenvalue weighted by molar-refractivity contribution is 0.186. The van der Waals surface area contributed by atoms with Gasteiger partial charge in [0.2, 0.25) is 0 Å². The average Bonchev–Trinajstić information content (AvgIpc) is 3.34. The van der Waals surface area contributed by atoms with Crippen LogP contribution in [0.1, 0.15) is 53.0 Å². The highest BCUT2D eigenvalue weighted by Gasteiger charge is 2.46. The number of hydrogen-bond acceptors (Lipinski definition) is 7. The molecular formula is C24H27N5O2. The van der Waals surface area contributed by atoms with Crippen molar-refractivity contribution in [3.05, 3.63) is 70.8 Å². The fraction of sp³-hybridized carbons (Fsp3) is 0.375. The number of fused-ring (bicyclic) bond motifs is 1. The van der Waals surface area contributed by atoms with Crippen LogP contribution in [0.25, 0.3) is 12.2 Å². The van der Waals surface area contributed by atoms with E-state index in [-0.39, 0.29) is 18.1 Å². The second-order valence-electron chi connectivity index (χ2n) is 8.54. The molecule has 1 unspecified atom stereocenters. The number of aromatic nitrogens is 3. The predicted octanol–water partition coefficient (Wildman–Crippen LogP) is 3.28. The maximum Gasteiger partial charge on any atom is 0.191 e. The molecule has 5 rings (SSSR count). The number of aryl methyl sites for hydroxylation is 1. The lowest BCUT2D eigenvalue weighted by Gasteiger charge is -2.42. The summed E-state index contributed by atoms with van der Waals surface area (Å²) in [5.41, 5.74) is 10.8. The molecule has 2 aliphatic rings. The van der Waals surface area contributed by atoms with Gasteiger partial charge in [0, 0.05) is 26.1 Å². The normalized spacial score (nSPS) is 20.0. The quantitative estimate of drug-likeness (QED) is 0.672. The molecule has 1 atom stereocenters. The van der Waals surface area contributed by atoms with Crippen molar-refractivity contribution < 1.29 is 9.52 Å². The van der Waals surface area contributed by atoms with E-state index in [2.05, 4.69) is 44.1 Å². The zero-order valence-electron chi connectivity index (χ0n) is 17.7. The number of aliphatic hydroxyl groups is 1. The van der Waals surface area contributed by atoms with Gasteiger partial charge in [-0.25, -0.2) is 15.0 Å². The van der Waals surface area contributed by atoms with Crippen molar-refractivity contribution in [3.63, 3.8) is 0 Å². The summed E-state index contributed by atoms with van der Waals surface area (Å²) in [6.07, 6.45) is 10.1. The molecule has 1 aliphatic carbocycles. The number of aliphatic hydroxyl groups excluding tert-OH is 1. The molecule has 0 saturated carbocycles. The Hall–Kier alpha value is -3.03. The van der Waals surface area contributed by atoms with Gasteiger partial charge in [-0.3, -0.25) is 0 Å². The summed E-state index contributed by atoms with van der Waals surface area (Å²) in [7, 11) is 0. The smallest absolute Gasteiger partial charge is 0.191 e. The zero-order chi connectivity index (χ0) is 21.4. The van der Waals surface area contributed by atoms with Gasteiger partial charge >= 0.3 is 0 Å². The van der Waals surface area contributed by atoms with E-state index in [1.807, 2.05) is 6.08 Å². The molecule has 7 heteroatoms. The van der Waals surface area contributed by atoms with Crippen molar-refractivity contribution in [2.24, 2.45) is 11.1 Å². The first-order valence-corrected chi connectivity index (χ1v) is 10.7. The van der Waals surface area contributed by atoms with E-state index in [0.29, 0.717) is 23.0 Å². The standard InChI is InChI=1S/C24H27N5O2/c1-16-26-14-19(31-16)7-6-18-13-27-23(21(15-30)28-18)29-10-8-24(9-11-29)12-17-4-2-3-5-20(17)22(24)25/h2-7,13-14,22,30H,8-12,15,25H2,1H3. The Kier molecular flexibility index (Phi) is 5.08.